The van der Waals surface area contributed by atoms with Gasteiger partial charge in [-0.3, -0.25) is 4.79 Å². The molecule has 0 unspecified atom stereocenters. The van der Waals surface area contributed by atoms with Gasteiger partial charge in [-0.1, -0.05) is 12.1 Å². The van der Waals surface area contributed by atoms with Crippen molar-refractivity contribution in [3.8, 4) is 0 Å². The van der Waals surface area contributed by atoms with Gasteiger partial charge in [0.1, 0.15) is 5.82 Å². The van der Waals surface area contributed by atoms with E-state index in [-0.39, 0.29) is 13.0 Å². The Labute approximate surface area is 91.0 Å². The molecular formula is C11H11F3O2. The number of hydrogen-bond acceptors (Lipinski definition) is 2. The van der Waals surface area contributed by atoms with Crippen LogP contribution in [0.3, 0.4) is 0 Å². The number of benzene rings is 1. The summed E-state index contributed by atoms with van der Waals surface area (Å²) in [7, 11) is 0. The third kappa shape index (κ3) is 3.25. The Morgan fingerprint density at radius 3 is 2.62 bits per heavy atom. The molecule has 0 aliphatic carbocycles. The van der Waals surface area contributed by atoms with Gasteiger partial charge in [-0.05, 0) is 18.6 Å². The third-order valence-corrected chi connectivity index (χ3v) is 1.95. The predicted molar refractivity (Wildman–Crippen MR) is 51.7 cm³/mol. The Morgan fingerprint density at radius 2 is 2.12 bits per heavy atom. The highest BCUT2D eigenvalue weighted by Gasteiger charge is 2.14. The summed E-state index contributed by atoms with van der Waals surface area (Å²) >= 11 is 0. The van der Waals surface area contributed by atoms with Crippen molar-refractivity contribution in [2.45, 2.75) is 19.8 Å². The second-order valence-electron chi connectivity index (χ2n) is 3.14. The van der Waals surface area contributed by atoms with Gasteiger partial charge in [0.05, 0.1) is 18.6 Å². The van der Waals surface area contributed by atoms with E-state index < -0.39 is 23.8 Å². The molecule has 16 heavy (non-hydrogen) atoms. The van der Waals surface area contributed by atoms with Crippen LogP contribution in [-0.4, -0.2) is 12.6 Å². The molecule has 0 aromatic heterocycles. The Morgan fingerprint density at radius 1 is 1.44 bits per heavy atom. The Kier molecular flexibility index (Phi) is 4.34. The molecule has 0 bridgehead atoms. The zero-order valence-electron chi connectivity index (χ0n) is 8.67. The average Bonchev–Trinajstić information content (AvgIpc) is 2.17. The Balaban J connectivity index is 2.77. The van der Waals surface area contributed by atoms with E-state index in [1.54, 1.807) is 6.92 Å². The fourth-order valence-corrected chi connectivity index (χ4v) is 1.24. The highest BCUT2D eigenvalue weighted by Crippen LogP contribution is 2.22. The Hall–Kier alpha value is -1.52. The van der Waals surface area contributed by atoms with Crippen LogP contribution in [0.1, 0.15) is 24.5 Å². The summed E-state index contributed by atoms with van der Waals surface area (Å²) in [6.07, 6.45) is -2.97. The third-order valence-electron chi connectivity index (χ3n) is 1.95. The van der Waals surface area contributed by atoms with E-state index in [0.717, 1.165) is 12.1 Å². The van der Waals surface area contributed by atoms with Crippen LogP contribution in [0, 0.1) is 5.82 Å². The van der Waals surface area contributed by atoms with Gasteiger partial charge >= 0.3 is 5.97 Å². The standard InChI is InChI=1S/C11H11F3O2/c1-2-16-10(15)6-7-3-4-8(11(13)14)9(12)5-7/h3-5,11H,2,6H2,1H3. The zero-order valence-corrected chi connectivity index (χ0v) is 8.67. The largest absolute Gasteiger partial charge is 0.466 e. The minimum atomic E-state index is -2.85. The van der Waals surface area contributed by atoms with Crippen molar-refractivity contribution >= 4 is 5.97 Å². The van der Waals surface area contributed by atoms with Crippen LogP contribution in [0.4, 0.5) is 13.2 Å². The summed E-state index contributed by atoms with van der Waals surface area (Å²) in [6.45, 7) is 1.88. The molecule has 0 fully saturated rings. The minimum absolute atomic E-state index is 0.117. The molecule has 0 saturated heterocycles. The van der Waals surface area contributed by atoms with Crippen molar-refractivity contribution in [3.05, 3.63) is 35.1 Å². The second-order valence-corrected chi connectivity index (χ2v) is 3.14. The lowest BCUT2D eigenvalue weighted by molar-refractivity contribution is -0.142. The maximum atomic E-state index is 13.1. The molecule has 0 aliphatic heterocycles. The molecular weight excluding hydrogens is 221 g/mol. The monoisotopic (exact) mass is 232 g/mol. The smallest absolute Gasteiger partial charge is 0.310 e. The van der Waals surface area contributed by atoms with Crippen LogP contribution >= 0.6 is 0 Å². The van der Waals surface area contributed by atoms with Crippen LogP contribution in [0.25, 0.3) is 0 Å². The zero-order chi connectivity index (χ0) is 12.1. The van der Waals surface area contributed by atoms with Gasteiger partial charge in [0.15, 0.2) is 0 Å². The predicted octanol–water partition coefficient (Wildman–Crippen LogP) is 2.87. The van der Waals surface area contributed by atoms with Gasteiger partial charge in [-0.25, -0.2) is 13.2 Å². The van der Waals surface area contributed by atoms with Crippen molar-refractivity contribution in [1.82, 2.24) is 0 Å². The van der Waals surface area contributed by atoms with Gasteiger partial charge in [0, 0.05) is 0 Å². The van der Waals surface area contributed by atoms with E-state index in [4.69, 9.17) is 0 Å². The lowest BCUT2D eigenvalue weighted by atomic mass is 10.1. The summed E-state index contributed by atoms with van der Waals surface area (Å²) in [6, 6.07) is 3.20. The highest BCUT2D eigenvalue weighted by atomic mass is 19.3. The van der Waals surface area contributed by atoms with Crippen LogP contribution < -0.4 is 0 Å². The molecule has 5 heteroatoms. The fraction of sp³-hybridized carbons (Fsp3) is 0.364. The first-order chi connectivity index (χ1) is 7.54. The van der Waals surface area contributed by atoms with Gasteiger partial charge in [-0.15, -0.1) is 0 Å². The van der Waals surface area contributed by atoms with E-state index in [1.165, 1.54) is 6.07 Å². The van der Waals surface area contributed by atoms with Crippen LogP contribution in [-0.2, 0) is 16.0 Å². The quantitative estimate of drug-likeness (QED) is 0.746. The lowest BCUT2D eigenvalue weighted by Crippen LogP contribution is -2.08. The van der Waals surface area contributed by atoms with Gasteiger partial charge in [0.2, 0.25) is 0 Å². The van der Waals surface area contributed by atoms with E-state index in [1.807, 2.05) is 0 Å². The summed E-state index contributed by atoms with van der Waals surface area (Å²) in [4.78, 5) is 11.0. The first-order valence-corrected chi connectivity index (χ1v) is 4.76. The fourth-order valence-electron chi connectivity index (χ4n) is 1.24. The van der Waals surface area contributed by atoms with Crippen molar-refractivity contribution in [2.24, 2.45) is 0 Å². The van der Waals surface area contributed by atoms with E-state index in [2.05, 4.69) is 4.74 Å². The van der Waals surface area contributed by atoms with Crippen molar-refractivity contribution < 1.29 is 22.7 Å². The van der Waals surface area contributed by atoms with Crippen molar-refractivity contribution in [3.63, 3.8) is 0 Å². The number of rotatable bonds is 4. The number of ether oxygens (including phenoxy) is 1. The average molecular weight is 232 g/mol. The molecule has 0 atom stereocenters. The summed E-state index contributed by atoms with van der Waals surface area (Å²) < 4.78 is 42.2. The lowest BCUT2D eigenvalue weighted by Gasteiger charge is -2.05. The second kappa shape index (κ2) is 5.53. The van der Waals surface area contributed by atoms with E-state index >= 15 is 0 Å². The number of alkyl halides is 2. The summed E-state index contributed by atoms with van der Waals surface area (Å²) in [5, 5.41) is 0. The summed E-state index contributed by atoms with van der Waals surface area (Å²) in [5.74, 6) is -1.51. The normalized spacial score (nSPS) is 10.6. The number of carbonyl (C=O) groups is 1. The maximum Gasteiger partial charge on any atom is 0.310 e. The van der Waals surface area contributed by atoms with E-state index in [9.17, 15) is 18.0 Å². The SMILES string of the molecule is CCOC(=O)Cc1ccc(C(F)F)c(F)c1. The number of hydrogen-bond donors (Lipinski definition) is 0. The van der Waals surface area contributed by atoms with E-state index in [0.29, 0.717) is 5.56 Å². The van der Waals surface area contributed by atoms with Crippen LogP contribution in [0.15, 0.2) is 18.2 Å². The topological polar surface area (TPSA) is 26.3 Å². The molecule has 1 rings (SSSR count). The number of esters is 1. The first kappa shape index (κ1) is 12.5. The number of halogens is 3. The van der Waals surface area contributed by atoms with Crippen molar-refractivity contribution in [1.29, 1.82) is 0 Å². The molecule has 1 aromatic carbocycles. The summed E-state index contributed by atoms with van der Waals surface area (Å²) in [5.41, 5.74) is -0.340. The number of carbonyl (C=O) groups excluding carboxylic acids is 1. The highest BCUT2D eigenvalue weighted by molar-refractivity contribution is 5.72. The van der Waals surface area contributed by atoms with Gasteiger partial charge < -0.3 is 4.74 Å². The molecule has 0 saturated carbocycles. The molecule has 0 heterocycles. The van der Waals surface area contributed by atoms with Crippen LogP contribution in [0.5, 0.6) is 0 Å². The van der Waals surface area contributed by atoms with Gasteiger partial charge in [-0.2, -0.15) is 0 Å². The molecule has 0 amide bonds. The minimum Gasteiger partial charge on any atom is -0.466 e. The molecule has 0 aliphatic rings. The molecule has 2 nitrogen and oxygen atoms in total. The van der Waals surface area contributed by atoms with Gasteiger partial charge in [0.25, 0.3) is 6.43 Å². The molecule has 0 radical (unpaired) electrons. The molecule has 88 valence electrons. The molecule has 1 aromatic rings. The molecule has 0 N–H and O–H groups in total. The van der Waals surface area contributed by atoms with Crippen LogP contribution in [0.2, 0.25) is 0 Å². The van der Waals surface area contributed by atoms with Crippen molar-refractivity contribution in [2.75, 3.05) is 6.61 Å². The Bertz CT molecular complexity index is 377. The first-order valence-electron chi connectivity index (χ1n) is 4.76. The maximum absolute atomic E-state index is 13.1. The molecule has 0 spiro atoms.